The van der Waals surface area contributed by atoms with Crippen LogP contribution in [0.5, 0.6) is 0 Å². The van der Waals surface area contributed by atoms with Crippen LogP contribution in [0.25, 0.3) is 0 Å². The number of nitrogens with one attached hydrogen (secondary N) is 1. The van der Waals surface area contributed by atoms with Crippen molar-refractivity contribution in [2.24, 2.45) is 5.92 Å². The third-order valence-electron chi connectivity index (χ3n) is 3.87. The third-order valence-corrected chi connectivity index (χ3v) is 3.87. The van der Waals surface area contributed by atoms with Crippen molar-refractivity contribution in [3.63, 3.8) is 0 Å². The number of ether oxygens (including phenoxy) is 2. The molecule has 2 saturated heterocycles. The van der Waals surface area contributed by atoms with E-state index in [4.69, 9.17) is 9.47 Å². The van der Waals surface area contributed by atoms with Gasteiger partial charge in [0.05, 0.1) is 12.2 Å². The fourth-order valence-corrected chi connectivity index (χ4v) is 2.84. The summed E-state index contributed by atoms with van der Waals surface area (Å²) in [4.78, 5) is 0. The molecule has 3 nitrogen and oxygen atoms in total. The molecule has 2 rings (SSSR count). The molecule has 0 aromatic carbocycles. The molecule has 0 aromatic rings. The van der Waals surface area contributed by atoms with E-state index in [0.29, 0.717) is 12.0 Å². The monoisotopic (exact) mass is 253 g/mol. The molecule has 2 heterocycles. The Labute approximate surface area is 111 Å². The lowest BCUT2D eigenvalue weighted by Crippen LogP contribution is -2.39. The second-order valence-corrected chi connectivity index (χ2v) is 5.91. The first kappa shape index (κ1) is 14.0. The van der Waals surface area contributed by atoms with E-state index in [1.807, 2.05) is 0 Å². The van der Waals surface area contributed by atoms with E-state index in [2.05, 4.69) is 31.3 Å². The summed E-state index contributed by atoms with van der Waals surface area (Å²) in [5.74, 6) is 0.680. The van der Waals surface area contributed by atoms with Crippen LogP contribution in [0.2, 0.25) is 0 Å². The highest BCUT2D eigenvalue weighted by Crippen LogP contribution is 2.36. The van der Waals surface area contributed by atoms with Gasteiger partial charge in [0.15, 0.2) is 0 Å². The van der Waals surface area contributed by atoms with Gasteiger partial charge in [0.1, 0.15) is 0 Å². The van der Waals surface area contributed by atoms with Crippen molar-refractivity contribution in [1.82, 2.24) is 5.32 Å². The molecule has 1 N–H and O–H groups in total. The van der Waals surface area contributed by atoms with E-state index in [-0.39, 0.29) is 5.60 Å². The van der Waals surface area contributed by atoms with E-state index in [0.717, 1.165) is 52.0 Å². The molecule has 104 valence electrons. The largest absolute Gasteiger partial charge is 0.378 e. The number of rotatable bonds is 5. The first-order chi connectivity index (χ1) is 8.70. The molecule has 0 radical (unpaired) electrons. The highest BCUT2D eigenvalue weighted by Gasteiger charge is 2.40. The summed E-state index contributed by atoms with van der Waals surface area (Å²) < 4.78 is 11.4. The van der Waals surface area contributed by atoms with Crippen LogP contribution < -0.4 is 5.32 Å². The topological polar surface area (TPSA) is 30.5 Å². The third kappa shape index (κ3) is 4.08. The Morgan fingerprint density at radius 1 is 1.39 bits per heavy atom. The molecule has 2 unspecified atom stereocenters. The summed E-state index contributed by atoms with van der Waals surface area (Å²) >= 11 is 0. The van der Waals surface area contributed by atoms with Gasteiger partial charge in [0.2, 0.25) is 0 Å². The van der Waals surface area contributed by atoms with E-state index in [1.165, 1.54) is 0 Å². The Morgan fingerprint density at radius 2 is 2.28 bits per heavy atom. The fourth-order valence-electron chi connectivity index (χ4n) is 2.84. The van der Waals surface area contributed by atoms with Crippen molar-refractivity contribution in [2.75, 3.05) is 26.4 Å². The maximum Gasteiger partial charge on any atom is 0.0942 e. The van der Waals surface area contributed by atoms with Crippen molar-refractivity contribution in [1.29, 1.82) is 0 Å². The lowest BCUT2D eigenvalue weighted by atomic mass is 9.85. The zero-order chi connectivity index (χ0) is 12.8. The van der Waals surface area contributed by atoms with Crippen LogP contribution in [0, 0.1) is 5.92 Å². The molecule has 2 atom stereocenters. The lowest BCUT2D eigenvalue weighted by Gasteiger charge is -2.36. The predicted octanol–water partition coefficient (Wildman–Crippen LogP) is 2.52. The molecule has 3 heteroatoms. The Kier molecular flexibility index (Phi) is 5.22. The van der Waals surface area contributed by atoms with Gasteiger partial charge < -0.3 is 14.8 Å². The molecular weight excluding hydrogens is 226 g/mol. The van der Waals surface area contributed by atoms with E-state index in [1.54, 1.807) is 0 Å². The van der Waals surface area contributed by atoms with Crippen molar-refractivity contribution < 1.29 is 9.47 Å². The number of hydrogen-bond donors (Lipinski definition) is 1. The van der Waals surface area contributed by atoms with E-state index >= 15 is 0 Å². The van der Waals surface area contributed by atoms with Crippen molar-refractivity contribution in [2.45, 2.75) is 51.2 Å². The van der Waals surface area contributed by atoms with Crippen LogP contribution in [0.1, 0.15) is 39.5 Å². The van der Waals surface area contributed by atoms with Crippen LogP contribution in [0.4, 0.5) is 0 Å². The second-order valence-electron chi connectivity index (χ2n) is 5.91. The van der Waals surface area contributed by atoms with Crippen LogP contribution in [-0.2, 0) is 9.47 Å². The quantitative estimate of drug-likeness (QED) is 0.603. The molecule has 0 amide bonds. The molecule has 2 aliphatic rings. The minimum Gasteiger partial charge on any atom is -0.378 e. The van der Waals surface area contributed by atoms with Gasteiger partial charge in [-0.15, -0.1) is 0 Å². The van der Waals surface area contributed by atoms with Crippen molar-refractivity contribution in [3.8, 4) is 0 Å². The lowest BCUT2D eigenvalue weighted by molar-refractivity contribution is -0.0910. The van der Waals surface area contributed by atoms with Gasteiger partial charge in [0, 0.05) is 25.7 Å². The van der Waals surface area contributed by atoms with Crippen molar-refractivity contribution in [3.05, 3.63) is 12.2 Å². The average molecular weight is 253 g/mol. The first-order valence-corrected chi connectivity index (χ1v) is 7.32. The van der Waals surface area contributed by atoms with Crippen LogP contribution >= 0.6 is 0 Å². The molecular formula is C15H27NO2. The molecule has 0 saturated carbocycles. The first-order valence-electron chi connectivity index (χ1n) is 7.32. The molecule has 0 aliphatic carbocycles. The van der Waals surface area contributed by atoms with Crippen LogP contribution in [0.3, 0.4) is 0 Å². The molecule has 0 aromatic heterocycles. The summed E-state index contributed by atoms with van der Waals surface area (Å²) in [6.07, 6.45) is 9.22. The highest BCUT2D eigenvalue weighted by atomic mass is 16.6. The normalized spacial score (nSPS) is 32.9. The fraction of sp³-hybridized carbons (Fsp3) is 0.867. The van der Waals surface area contributed by atoms with E-state index < -0.39 is 0 Å². The second kappa shape index (κ2) is 6.69. The summed E-state index contributed by atoms with van der Waals surface area (Å²) in [6.45, 7) is 8.01. The molecule has 2 fully saturated rings. The number of hydrogen-bond acceptors (Lipinski definition) is 3. The summed E-state index contributed by atoms with van der Waals surface area (Å²) in [6, 6.07) is 0.584. The smallest absolute Gasteiger partial charge is 0.0942 e. The standard InChI is InChI=1S/C15H27NO2/c1-13(2)16-8-4-3-5-14-6-9-18-15(11-14)7-10-17-12-15/h3,5,13-14,16H,4,6-12H2,1-2H3. The van der Waals surface area contributed by atoms with Gasteiger partial charge in [-0.1, -0.05) is 26.0 Å². The van der Waals surface area contributed by atoms with Crippen LogP contribution in [0.15, 0.2) is 12.2 Å². The van der Waals surface area contributed by atoms with Gasteiger partial charge in [-0.05, 0) is 31.7 Å². The average Bonchev–Trinajstić information content (AvgIpc) is 2.76. The minimum absolute atomic E-state index is 0.0451. The number of allylic oxidation sites excluding steroid dienone is 1. The minimum atomic E-state index is 0.0451. The SMILES string of the molecule is CC(C)NCCC=CC1CCOC2(CCOC2)C1. The molecule has 2 aliphatic heterocycles. The predicted molar refractivity (Wildman–Crippen MR) is 73.7 cm³/mol. The summed E-state index contributed by atoms with van der Waals surface area (Å²) in [5.41, 5.74) is 0.0451. The zero-order valence-electron chi connectivity index (χ0n) is 11.8. The highest BCUT2D eigenvalue weighted by molar-refractivity contribution is 4.98. The van der Waals surface area contributed by atoms with Crippen molar-refractivity contribution >= 4 is 0 Å². The summed E-state index contributed by atoms with van der Waals surface area (Å²) in [5, 5.41) is 3.44. The molecule has 18 heavy (non-hydrogen) atoms. The maximum atomic E-state index is 5.94. The van der Waals surface area contributed by atoms with Gasteiger partial charge in [-0.3, -0.25) is 0 Å². The Hall–Kier alpha value is -0.380. The Balaban J connectivity index is 1.70. The molecule has 1 spiro atoms. The van der Waals surface area contributed by atoms with Gasteiger partial charge in [-0.25, -0.2) is 0 Å². The summed E-state index contributed by atoms with van der Waals surface area (Å²) in [7, 11) is 0. The van der Waals surface area contributed by atoms with Crippen LogP contribution in [-0.4, -0.2) is 38.0 Å². The zero-order valence-corrected chi connectivity index (χ0v) is 11.8. The molecule has 0 bridgehead atoms. The maximum absolute atomic E-state index is 5.94. The van der Waals surface area contributed by atoms with E-state index in [9.17, 15) is 0 Å². The Morgan fingerprint density at radius 3 is 3.00 bits per heavy atom. The van der Waals surface area contributed by atoms with Gasteiger partial charge >= 0.3 is 0 Å². The Bertz CT molecular complexity index is 270. The van der Waals surface area contributed by atoms with Gasteiger partial charge in [0.25, 0.3) is 0 Å². The van der Waals surface area contributed by atoms with Gasteiger partial charge in [-0.2, -0.15) is 0 Å².